The van der Waals surface area contributed by atoms with Crippen molar-refractivity contribution < 1.29 is 14.8 Å². The number of rotatable bonds is 3. The van der Waals surface area contributed by atoms with Gasteiger partial charge in [-0.05, 0) is 13.3 Å². The maximum atomic E-state index is 11.6. The first-order valence-corrected chi connectivity index (χ1v) is 4.52. The van der Waals surface area contributed by atoms with Crippen molar-refractivity contribution in [1.82, 2.24) is 4.90 Å². The molecule has 5 heteroatoms. The highest BCUT2D eigenvalue weighted by atomic mass is 16.4. The van der Waals surface area contributed by atoms with Crippen LogP contribution >= 0.6 is 0 Å². The number of hydrogen-bond acceptors (Lipinski definition) is 4. The molecule has 1 fully saturated rings. The van der Waals surface area contributed by atoms with Crippen LogP contribution in [-0.2, 0) is 9.59 Å². The van der Waals surface area contributed by atoms with Crippen LogP contribution in [0.15, 0.2) is 5.16 Å². The molecule has 1 rings (SSSR count). The molecule has 1 saturated heterocycles. The molecule has 5 nitrogen and oxygen atoms in total. The van der Waals surface area contributed by atoms with E-state index in [9.17, 15) is 9.59 Å². The molecule has 1 atom stereocenters. The monoisotopic (exact) mass is 198 g/mol. The summed E-state index contributed by atoms with van der Waals surface area (Å²) in [5.41, 5.74) is 0.378. The highest BCUT2D eigenvalue weighted by Gasteiger charge is 2.32. The minimum absolute atomic E-state index is 0.00180. The minimum Gasteiger partial charge on any atom is -0.411 e. The van der Waals surface area contributed by atoms with E-state index in [0.717, 1.165) is 0 Å². The van der Waals surface area contributed by atoms with E-state index in [1.54, 1.807) is 14.0 Å². The molecule has 1 N–H and O–H groups in total. The van der Waals surface area contributed by atoms with E-state index < -0.39 is 0 Å². The number of ketones is 1. The lowest BCUT2D eigenvalue weighted by molar-refractivity contribution is -0.132. The van der Waals surface area contributed by atoms with Gasteiger partial charge in [0.25, 0.3) is 0 Å². The number of nitrogens with zero attached hydrogens (tertiary/aromatic N) is 2. The molecule has 0 bridgehead atoms. The Hall–Kier alpha value is -1.39. The van der Waals surface area contributed by atoms with Gasteiger partial charge >= 0.3 is 0 Å². The summed E-state index contributed by atoms with van der Waals surface area (Å²) in [7, 11) is 1.63. The molecule has 78 valence electrons. The first kappa shape index (κ1) is 10.7. The van der Waals surface area contributed by atoms with E-state index in [1.807, 2.05) is 0 Å². The van der Waals surface area contributed by atoms with Gasteiger partial charge in [0.05, 0.1) is 11.8 Å². The Kier molecular flexibility index (Phi) is 3.22. The predicted molar refractivity (Wildman–Crippen MR) is 50.3 cm³/mol. The van der Waals surface area contributed by atoms with Crippen LogP contribution in [0.1, 0.15) is 26.2 Å². The Morgan fingerprint density at radius 3 is 2.79 bits per heavy atom. The number of oxime groups is 1. The Labute approximate surface area is 82.4 Å². The SMILES string of the molecule is C/C(CC(=O)[C@@H]1CCC(=O)N1C)=N\O. The first-order chi connectivity index (χ1) is 6.56. The van der Waals surface area contributed by atoms with Crippen LogP contribution in [0.2, 0.25) is 0 Å². The lowest BCUT2D eigenvalue weighted by Crippen LogP contribution is -2.36. The van der Waals surface area contributed by atoms with Crippen LogP contribution in [0.5, 0.6) is 0 Å². The quantitative estimate of drug-likeness (QED) is 0.406. The van der Waals surface area contributed by atoms with Crippen molar-refractivity contribution in [1.29, 1.82) is 0 Å². The van der Waals surface area contributed by atoms with E-state index in [1.165, 1.54) is 4.90 Å². The van der Waals surface area contributed by atoms with E-state index in [2.05, 4.69) is 5.16 Å². The van der Waals surface area contributed by atoms with Gasteiger partial charge in [0, 0.05) is 19.9 Å². The molecule has 1 aliphatic heterocycles. The molecule has 0 unspecified atom stereocenters. The summed E-state index contributed by atoms with van der Waals surface area (Å²) >= 11 is 0. The molecule has 1 heterocycles. The van der Waals surface area contributed by atoms with Gasteiger partial charge in [-0.2, -0.15) is 0 Å². The van der Waals surface area contributed by atoms with Crippen LogP contribution in [0, 0.1) is 0 Å². The number of carbonyl (C=O) groups is 2. The zero-order chi connectivity index (χ0) is 10.7. The van der Waals surface area contributed by atoms with Crippen molar-refractivity contribution in [3.8, 4) is 0 Å². The predicted octanol–water partition coefficient (Wildman–Crippen LogP) is 0.416. The van der Waals surface area contributed by atoms with Crippen molar-refractivity contribution in [2.45, 2.75) is 32.2 Å². The highest BCUT2D eigenvalue weighted by molar-refractivity contribution is 6.04. The maximum absolute atomic E-state index is 11.6. The second-order valence-corrected chi connectivity index (χ2v) is 3.54. The summed E-state index contributed by atoms with van der Waals surface area (Å²) < 4.78 is 0. The van der Waals surface area contributed by atoms with Crippen LogP contribution in [-0.4, -0.2) is 40.6 Å². The molecule has 0 aliphatic carbocycles. The third-order valence-electron chi connectivity index (χ3n) is 2.46. The second kappa shape index (κ2) is 4.21. The molecular formula is C9H14N2O3. The number of carbonyl (C=O) groups excluding carboxylic acids is 2. The zero-order valence-corrected chi connectivity index (χ0v) is 8.36. The molecule has 0 aromatic rings. The lowest BCUT2D eigenvalue weighted by Gasteiger charge is -2.17. The second-order valence-electron chi connectivity index (χ2n) is 3.54. The molecule has 0 saturated carbocycles. The fourth-order valence-electron chi connectivity index (χ4n) is 1.59. The van der Waals surface area contributed by atoms with Gasteiger partial charge in [0.2, 0.25) is 5.91 Å². The fraction of sp³-hybridized carbons (Fsp3) is 0.667. The van der Waals surface area contributed by atoms with Crippen LogP contribution in [0.4, 0.5) is 0 Å². The van der Waals surface area contributed by atoms with Gasteiger partial charge in [-0.15, -0.1) is 0 Å². The molecule has 1 aliphatic rings. The molecule has 0 spiro atoms. The average Bonchev–Trinajstić information content (AvgIpc) is 2.47. The van der Waals surface area contributed by atoms with Crippen molar-refractivity contribution in [2.24, 2.45) is 5.16 Å². The molecule has 1 amide bonds. The first-order valence-electron chi connectivity index (χ1n) is 4.52. The summed E-state index contributed by atoms with van der Waals surface area (Å²) in [6, 6.07) is -0.334. The van der Waals surface area contributed by atoms with Gasteiger partial charge in [-0.1, -0.05) is 5.16 Å². The van der Waals surface area contributed by atoms with E-state index >= 15 is 0 Å². The summed E-state index contributed by atoms with van der Waals surface area (Å²) in [4.78, 5) is 24.2. The van der Waals surface area contributed by atoms with Crippen molar-refractivity contribution in [2.75, 3.05) is 7.05 Å². The van der Waals surface area contributed by atoms with E-state index in [4.69, 9.17) is 5.21 Å². The van der Waals surface area contributed by atoms with Gasteiger partial charge < -0.3 is 10.1 Å². The van der Waals surface area contributed by atoms with E-state index in [-0.39, 0.29) is 24.2 Å². The van der Waals surface area contributed by atoms with Crippen molar-refractivity contribution in [3.63, 3.8) is 0 Å². The summed E-state index contributed by atoms with van der Waals surface area (Å²) in [6.07, 6.45) is 1.12. The number of likely N-dealkylation sites (tertiary alicyclic amines) is 1. The zero-order valence-electron chi connectivity index (χ0n) is 8.36. The maximum Gasteiger partial charge on any atom is 0.223 e. The fourth-order valence-corrected chi connectivity index (χ4v) is 1.59. The largest absolute Gasteiger partial charge is 0.411 e. The van der Waals surface area contributed by atoms with Gasteiger partial charge in [-0.3, -0.25) is 9.59 Å². The smallest absolute Gasteiger partial charge is 0.223 e. The van der Waals surface area contributed by atoms with Crippen LogP contribution in [0.3, 0.4) is 0 Å². The topological polar surface area (TPSA) is 70.0 Å². The van der Waals surface area contributed by atoms with Gasteiger partial charge in [-0.25, -0.2) is 0 Å². The number of likely N-dealkylation sites (N-methyl/N-ethyl adjacent to an activating group) is 1. The molecule has 0 aromatic carbocycles. The Morgan fingerprint density at radius 1 is 1.71 bits per heavy atom. The summed E-state index contributed by atoms with van der Waals surface area (Å²) in [6.45, 7) is 1.58. The Morgan fingerprint density at radius 2 is 2.36 bits per heavy atom. The highest BCUT2D eigenvalue weighted by Crippen LogP contribution is 2.18. The lowest BCUT2D eigenvalue weighted by atomic mass is 10.1. The molecule has 0 aromatic heterocycles. The van der Waals surface area contributed by atoms with Crippen molar-refractivity contribution in [3.05, 3.63) is 0 Å². The van der Waals surface area contributed by atoms with Crippen LogP contribution in [0.25, 0.3) is 0 Å². The number of hydrogen-bond donors (Lipinski definition) is 1. The number of Topliss-reactive ketones (excluding diaryl/α,β-unsaturated/α-hetero) is 1. The standard InChI is InChI=1S/C9H14N2O3/c1-6(10-14)5-8(12)7-3-4-9(13)11(7)2/h7,14H,3-5H2,1-2H3/b10-6+/t7-/m0/s1. The molecule has 14 heavy (non-hydrogen) atoms. The van der Waals surface area contributed by atoms with Gasteiger partial charge in [0.1, 0.15) is 0 Å². The van der Waals surface area contributed by atoms with Crippen LogP contribution < -0.4 is 0 Å². The normalized spacial score (nSPS) is 23.0. The Balaban J connectivity index is 2.58. The average molecular weight is 198 g/mol. The third kappa shape index (κ3) is 2.10. The number of amides is 1. The van der Waals surface area contributed by atoms with Gasteiger partial charge in [0.15, 0.2) is 5.78 Å². The van der Waals surface area contributed by atoms with E-state index in [0.29, 0.717) is 18.6 Å². The molecular weight excluding hydrogens is 184 g/mol. The molecule has 0 radical (unpaired) electrons. The summed E-state index contributed by atoms with van der Waals surface area (Å²) in [5.74, 6) is -0.0596. The Bertz CT molecular complexity index is 286. The summed E-state index contributed by atoms with van der Waals surface area (Å²) in [5, 5.41) is 11.3. The minimum atomic E-state index is -0.334. The third-order valence-corrected chi connectivity index (χ3v) is 2.46. The van der Waals surface area contributed by atoms with Crippen molar-refractivity contribution >= 4 is 17.4 Å².